The molecule has 2 aromatic carbocycles. The highest BCUT2D eigenvalue weighted by Gasteiger charge is 2.51. The summed E-state index contributed by atoms with van der Waals surface area (Å²) in [6, 6.07) is 17.5. The zero-order valence-electron chi connectivity index (χ0n) is 14.7. The third kappa shape index (κ3) is 2.96. The van der Waals surface area contributed by atoms with E-state index >= 15 is 0 Å². The predicted octanol–water partition coefficient (Wildman–Crippen LogP) is 4.63. The van der Waals surface area contributed by atoms with Gasteiger partial charge >= 0.3 is 0 Å². The van der Waals surface area contributed by atoms with Gasteiger partial charge in [-0.05, 0) is 47.9 Å². The molecule has 0 saturated carbocycles. The van der Waals surface area contributed by atoms with Gasteiger partial charge in [0, 0.05) is 18.5 Å². The second kappa shape index (κ2) is 6.63. The molecule has 2 aliphatic rings. The summed E-state index contributed by atoms with van der Waals surface area (Å²) in [4.78, 5) is 0.382. The van der Waals surface area contributed by atoms with Crippen LogP contribution in [0.3, 0.4) is 0 Å². The predicted molar refractivity (Wildman–Crippen MR) is 108 cm³/mol. The second-order valence-corrected chi connectivity index (χ2v) is 10.3. The minimum absolute atomic E-state index is 0.254. The third-order valence-electron chi connectivity index (χ3n) is 5.71. The number of sulfonamides is 1. The first-order valence-corrected chi connectivity index (χ1v) is 11.1. The number of fused-ring (bicyclic) bond motifs is 1. The summed E-state index contributed by atoms with van der Waals surface area (Å²) < 4.78 is 29.3. The molecule has 1 saturated heterocycles. The molecule has 5 heteroatoms. The van der Waals surface area contributed by atoms with E-state index in [1.54, 1.807) is 16.4 Å². The highest BCUT2D eigenvalue weighted by atomic mass is 79.9. The van der Waals surface area contributed by atoms with E-state index in [4.69, 9.17) is 0 Å². The maximum absolute atomic E-state index is 13.2. The van der Waals surface area contributed by atoms with Crippen molar-refractivity contribution in [1.82, 2.24) is 4.31 Å². The molecule has 0 spiro atoms. The second-order valence-electron chi connectivity index (χ2n) is 7.34. The van der Waals surface area contributed by atoms with Crippen LogP contribution in [-0.4, -0.2) is 25.8 Å². The quantitative estimate of drug-likeness (QED) is 0.710. The van der Waals surface area contributed by atoms with Crippen molar-refractivity contribution in [2.45, 2.75) is 30.1 Å². The summed E-state index contributed by atoms with van der Waals surface area (Å²) in [7, 11) is -3.49. The van der Waals surface area contributed by atoms with Gasteiger partial charge in [0.05, 0.1) is 4.90 Å². The summed E-state index contributed by atoms with van der Waals surface area (Å²) in [5, 5.41) is 0. The Hall–Kier alpha value is -1.43. The summed E-state index contributed by atoms with van der Waals surface area (Å²) in [5.74, 6) is 0.298. The molecule has 1 heterocycles. The van der Waals surface area contributed by atoms with Crippen LogP contribution in [0.5, 0.6) is 0 Å². The van der Waals surface area contributed by atoms with Crippen LogP contribution < -0.4 is 0 Å². The standard InChI is InChI=1S/C21H22BrNO2S/c1-16-7-11-20(12-8-16)26(24,25)23-14-18-9-10-19(22)13-21(18,15-23)17-5-3-2-4-6-17/h2-8,11-13,18H,9-10,14-15H2,1H3. The van der Waals surface area contributed by atoms with Crippen LogP contribution in [0.2, 0.25) is 0 Å². The van der Waals surface area contributed by atoms with E-state index in [1.807, 2.05) is 37.3 Å². The van der Waals surface area contributed by atoms with Crippen LogP contribution in [0.1, 0.15) is 24.0 Å². The Balaban J connectivity index is 1.75. The van der Waals surface area contributed by atoms with Crippen LogP contribution in [0.25, 0.3) is 0 Å². The van der Waals surface area contributed by atoms with Crippen molar-refractivity contribution in [1.29, 1.82) is 0 Å². The molecular weight excluding hydrogens is 410 g/mol. The maximum atomic E-state index is 13.2. The van der Waals surface area contributed by atoms with E-state index in [2.05, 4.69) is 34.1 Å². The van der Waals surface area contributed by atoms with Crippen molar-refractivity contribution in [3.05, 3.63) is 76.3 Å². The fraction of sp³-hybridized carbons (Fsp3) is 0.333. The SMILES string of the molecule is Cc1ccc(S(=O)(=O)N2CC3CCC(Br)=CC3(c3ccccc3)C2)cc1. The zero-order valence-corrected chi connectivity index (χ0v) is 17.1. The van der Waals surface area contributed by atoms with Gasteiger partial charge < -0.3 is 0 Å². The van der Waals surface area contributed by atoms with E-state index in [9.17, 15) is 8.42 Å². The normalized spacial score (nSPS) is 26.4. The van der Waals surface area contributed by atoms with Gasteiger partial charge in [0.15, 0.2) is 0 Å². The van der Waals surface area contributed by atoms with Crippen LogP contribution in [0, 0.1) is 12.8 Å². The average molecular weight is 432 g/mol. The van der Waals surface area contributed by atoms with Gasteiger partial charge in [0.25, 0.3) is 0 Å². The van der Waals surface area contributed by atoms with Gasteiger partial charge in [-0.1, -0.05) is 70.0 Å². The van der Waals surface area contributed by atoms with E-state index in [0.717, 1.165) is 18.4 Å². The lowest BCUT2D eigenvalue weighted by Gasteiger charge is -2.36. The molecular formula is C21H22BrNO2S. The number of aryl methyl sites for hydroxylation is 1. The minimum Gasteiger partial charge on any atom is -0.207 e. The Morgan fingerprint density at radius 1 is 1.08 bits per heavy atom. The van der Waals surface area contributed by atoms with Crippen molar-refractivity contribution in [2.24, 2.45) is 5.92 Å². The highest BCUT2D eigenvalue weighted by Crippen LogP contribution is 2.49. The maximum Gasteiger partial charge on any atom is 0.243 e. The molecule has 0 amide bonds. The summed E-state index contributed by atoms with van der Waals surface area (Å²) in [6.45, 7) is 3.03. The van der Waals surface area contributed by atoms with Crippen LogP contribution in [0.4, 0.5) is 0 Å². The number of rotatable bonds is 3. The number of hydrogen-bond donors (Lipinski definition) is 0. The minimum atomic E-state index is -3.49. The van der Waals surface area contributed by atoms with Gasteiger partial charge in [0.1, 0.15) is 0 Å². The van der Waals surface area contributed by atoms with Crippen molar-refractivity contribution in [3.8, 4) is 0 Å². The highest BCUT2D eigenvalue weighted by molar-refractivity contribution is 9.11. The monoisotopic (exact) mass is 431 g/mol. The van der Waals surface area contributed by atoms with E-state index in [0.29, 0.717) is 23.9 Å². The van der Waals surface area contributed by atoms with Crippen LogP contribution in [0.15, 0.2) is 70.1 Å². The third-order valence-corrected chi connectivity index (χ3v) is 8.16. The first-order chi connectivity index (χ1) is 12.4. The Bertz CT molecular complexity index is 938. The Morgan fingerprint density at radius 2 is 1.77 bits per heavy atom. The molecule has 0 radical (unpaired) electrons. The molecule has 1 aliphatic carbocycles. The lowest BCUT2D eigenvalue weighted by Crippen LogP contribution is -2.36. The number of nitrogens with zero attached hydrogens (tertiary/aromatic N) is 1. The number of halogens is 1. The molecule has 0 N–H and O–H groups in total. The lowest BCUT2D eigenvalue weighted by molar-refractivity contribution is 0.377. The molecule has 2 unspecified atom stereocenters. The molecule has 2 aromatic rings. The fourth-order valence-electron chi connectivity index (χ4n) is 4.27. The average Bonchev–Trinajstić information content (AvgIpc) is 3.03. The Kier molecular flexibility index (Phi) is 4.58. The largest absolute Gasteiger partial charge is 0.243 e. The summed E-state index contributed by atoms with van der Waals surface area (Å²) in [5.41, 5.74) is 2.01. The van der Waals surface area contributed by atoms with Gasteiger partial charge in [-0.15, -0.1) is 0 Å². The summed E-state index contributed by atoms with van der Waals surface area (Å²) >= 11 is 3.67. The van der Waals surface area contributed by atoms with Crippen molar-refractivity contribution < 1.29 is 8.42 Å². The molecule has 0 aromatic heterocycles. The van der Waals surface area contributed by atoms with Gasteiger partial charge in [-0.2, -0.15) is 4.31 Å². The van der Waals surface area contributed by atoms with Gasteiger partial charge in [-0.3, -0.25) is 0 Å². The summed E-state index contributed by atoms with van der Waals surface area (Å²) in [6.07, 6.45) is 4.21. The van der Waals surface area contributed by atoms with Gasteiger partial charge in [0.2, 0.25) is 10.0 Å². The van der Waals surface area contributed by atoms with Gasteiger partial charge in [-0.25, -0.2) is 8.42 Å². The smallest absolute Gasteiger partial charge is 0.207 e. The van der Waals surface area contributed by atoms with Crippen LogP contribution in [-0.2, 0) is 15.4 Å². The van der Waals surface area contributed by atoms with E-state index in [1.165, 1.54) is 10.0 Å². The number of benzene rings is 2. The Labute approximate surface area is 163 Å². The molecule has 0 bridgehead atoms. The molecule has 136 valence electrons. The molecule has 1 aliphatic heterocycles. The van der Waals surface area contributed by atoms with Crippen LogP contribution >= 0.6 is 15.9 Å². The van der Waals surface area contributed by atoms with Crippen molar-refractivity contribution >= 4 is 26.0 Å². The molecule has 4 rings (SSSR count). The zero-order chi connectivity index (χ0) is 18.4. The number of allylic oxidation sites excluding steroid dienone is 1. The van der Waals surface area contributed by atoms with Crippen molar-refractivity contribution in [2.75, 3.05) is 13.1 Å². The first-order valence-electron chi connectivity index (χ1n) is 8.91. The number of hydrogen-bond acceptors (Lipinski definition) is 2. The van der Waals surface area contributed by atoms with E-state index in [-0.39, 0.29) is 5.41 Å². The molecule has 3 nitrogen and oxygen atoms in total. The molecule has 2 atom stereocenters. The lowest BCUT2D eigenvalue weighted by atomic mass is 9.68. The fourth-order valence-corrected chi connectivity index (χ4v) is 6.45. The molecule has 1 fully saturated rings. The van der Waals surface area contributed by atoms with E-state index < -0.39 is 10.0 Å². The first kappa shape index (κ1) is 18.0. The Morgan fingerprint density at radius 3 is 2.46 bits per heavy atom. The topological polar surface area (TPSA) is 37.4 Å². The molecule has 26 heavy (non-hydrogen) atoms. The van der Waals surface area contributed by atoms with Crippen molar-refractivity contribution in [3.63, 3.8) is 0 Å².